The number of aryl methyl sites for hydroxylation is 1. The van der Waals surface area contributed by atoms with Crippen LogP contribution in [0.25, 0.3) is 11.1 Å². The van der Waals surface area contributed by atoms with Crippen molar-refractivity contribution in [1.29, 1.82) is 0 Å². The molecule has 9 nitrogen and oxygen atoms in total. The fourth-order valence-electron chi connectivity index (χ4n) is 4.20. The number of carboxylic acids is 1. The van der Waals surface area contributed by atoms with E-state index in [4.69, 9.17) is 9.84 Å². The minimum Gasteiger partial charge on any atom is -0.481 e. The first-order valence-electron chi connectivity index (χ1n) is 11.1. The number of hydrogen-bond acceptors (Lipinski definition) is 5. The molecule has 3 N–H and O–H groups in total. The van der Waals surface area contributed by atoms with Gasteiger partial charge in [-0.3, -0.25) is 19.6 Å². The van der Waals surface area contributed by atoms with E-state index in [0.717, 1.165) is 22.3 Å². The zero-order valence-corrected chi connectivity index (χ0v) is 18.9. The number of rotatable bonds is 8. The van der Waals surface area contributed by atoms with Gasteiger partial charge in [-0.2, -0.15) is 5.10 Å². The Morgan fingerprint density at radius 1 is 1.09 bits per heavy atom. The van der Waals surface area contributed by atoms with Crippen molar-refractivity contribution in [3.63, 3.8) is 0 Å². The smallest absolute Gasteiger partial charge is 0.411 e. The van der Waals surface area contributed by atoms with Gasteiger partial charge in [0, 0.05) is 25.7 Å². The lowest BCUT2D eigenvalue weighted by atomic mass is 9.98. The van der Waals surface area contributed by atoms with Gasteiger partial charge in [-0.25, -0.2) is 4.79 Å². The van der Waals surface area contributed by atoms with Crippen molar-refractivity contribution in [2.24, 2.45) is 13.0 Å². The monoisotopic (exact) mass is 462 g/mol. The minimum atomic E-state index is -0.985. The number of ether oxygens (including phenoxy) is 1. The Balaban J connectivity index is 1.42. The molecule has 3 aromatic rings. The number of nitrogens with zero attached hydrogens (tertiary/aromatic N) is 2. The highest BCUT2D eigenvalue weighted by Crippen LogP contribution is 2.44. The van der Waals surface area contributed by atoms with E-state index in [2.05, 4.69) is 27.9 Å². The lowest BCUT2D eigenvalue weighted by molar-refractivity contribution is -0.141. The van der Waals surface area contributed by atoms with Crippen molar-refractivity contribution >= 4 is 23.7 Å². The molecule has 0 bridgehead atoms. The molecule has 176 valence electrons. The van der Waals surface area contributed by atoms with Gasteiger partial charge in [0.25, 0.3) is 5.91 Å². The number of carbonyl (C=O) groups excluding carboxylic acids is 2. The molecule has 9 heteroatoms. The number of carbonyl (C=O) groups is 3. The van der Waals surface area contributed by atoms with Crippen LogP contribution in [0.1, 0.15) is 40.9 Å². The third-order valence-electron chi connectivity index (χ3n) is 5.98. The van der Waals surface area contributed by atoms with E-state index in [0.29, 0.717) is 6.42 Å². The molecule has 1 aromatic heterocycles. The van der Waals surface area contributed by atoms with Crippen LogP contribution < -0.4 is 10.6 Å². The first-order valence-corrected chi connectivity index (χ1v) is 11.1. The van der Waals surface area contributed by atoms with E-state index < -0.39 is 23.9 Å². The van der Waals surface area contributed by atoms with Crippen LogP contribution in [-0.2, 0) is 16.6 Å². The Morgan fingerprint density at radius 2 is 1.71 bits per heavy atom. The number of fused-ring (bicyclic) bond motifs is 3. The third-order valence-corrected chi connectivity index (χ3v) is 5.98. The highest BCUT2D eigenvalue weighted by molar-refractivity contribution is 6.01. The van der Waals surface area contributed by atoms with Crippen LogP contribution >= 0.6 is 0 Å². The van der Waals surface area contributed by atoms with Crippen molar-refractivity contribution in [1.82, 2.24) is 15.1 Å². The Labute approximate surface area is 196 Å². The molecule has 0 spiro atoms. The van der Waals surface area contributed by atoms with Crippen LogP contribution in [0.4, 0.5) is 10.5 Å². The summed E-state index contributed by atoms with van der Waals surface area (Å²) in [6.07, 6.45) is 1.16. The Kier molecular flexibility index (Phi) is 6.62. The van der Waals surface area contributed by atoms with Gasteiger partial charge in [-0.15, -0.1) is 0 Å². The summed E-state index contributed by atoms with van der Waals surface area (Å²) in [7, 11) is 1.62. The van der Waals surface area contributed by atoms with Crippen molar-refractivity contribution in [3.05, 3.63) is 71.5 Å². The molecule has 0 aliphatic heterocycles. The van der Waals surface area contributed by atoms with Crippen molar-refractivity contribution < 1.29 is 24.2 Å². The van der Waals surface area contributed by atoms with Gasteiger partial charge >= 0.3 is 12.1 Å². The maximum atomic E-state index is 12.6. The highest BCUT2D eigenvalue weighted by Gasteiger charge is 2.29. The SMILES string of the molecule is CCC(CNC(=O)c1nn(C)cc1NC(=O)OCC1c2ccccc2-c2ccccc21)C(=O)O. The lowest BCUT2D eigenvalue weighted by Crippen LogP contribution is -2.33. The number of carboxylic acid groups (broad SMARTS) is 1. The largest absolute Gasteiger partial charge is 0.481 e. The van der Waals surface area contributed by atoms with E-state index in [1.807, 2.05) is 36.4 Å². The zero-order chi connectivity index (χ0) is 24.2. The highest BCUT2D eigenvalue weighted by atomic mass is 16.5. The topological polar surface area (TPSA) is 123 Å². The Hall–Kier alpha value is -4.14. The number of nitrogens with one attached hydrogen (secondary N) is 2. The normalized spacial score (nSPS) is 13.0. The average Bonchev–Trinajstić information content (AvgIpc) is 3.35. The first-order chi connectivity index (χ1) is 16.4. The van der Waals surface area contributed by atoms with Gasteiger partial charge in [-0.1, -0.05) is 55.5 Å². The minimum absolute atomic E-state index is 0.0174. The maximum absolute atomic E-state index is 12.6. The third kappa shape index (κ3) is 4.63. The summed E-state index contributed by atoms with van der Waals surface area (Å²) in [5.41, 5.74) is 4.62. The molecule has 1 unspecified atom stereocenters. The van der Waals surface area contributed by atoms with Crippen LogP contribution in [0.3, 0.4) is 0 Å². The summed E-state index contributed by atoms with van der Waals surface area (Å²) in [6, 6.07) is 16.1. The molecule has 0 radical (unpaired) electrons. The van der Waals surface area contributed by atoms with Gasteiger partial charge < -0.3 is 15.2 Å². The summed E-state index contributed by atoms with van der Waals surface area (Å²) in [5.74, 6) is -2.35. The number of aromatic nitrogens is 2. The van der Waals surface area contributed by atoms with Crippen LogP contribution in [0.15, 0.2) is 54.7 Å². The predicted molar refractivity (Wildman–Crippen MR) is 126 cm³/mol. The number of amides is 2. The predicted octanol–water partition coefficient (Wildman–Crippen LogP) is 3.62. The van der Waals surface area contributed by atoms with Gasteiger partial charge in [-0.05, 0) is 28.7 Å². The van der Waals surface area contributed by atoms with Crippen LogP contribution in [0.5, 0.6) is 0 Å². The number of benzene rings is 2. The molecule has 1 aliphatic carbocycles. The molecule has 4 rings (SSSR count). The Bertz CT molecular complexity index is 1190. The molecule has 2 aromatic carbocycles. The second-order valence-corrected chi connectivity index (χ2v) is 8.17. The summed E-state index contributed by atoms with van der Waals surface area (Å²) >= 11 is 0. The number of anilines is 1. The second-order valence-electron chi connectivity index (χ2n) is 8.17. The first kappa shape index (κ1) is 23.0. The molecule has 1 atom stereocenters. The molecule has 0 saturated carbocycles. The molecule has 2 amide bonds. The quantitative estimate of drug-likeness (QED) is 0.470. The maximum Gasteiger partial charge on any atom is 0.411 e. The van der Waals surface area contributed by atoms with Gasteiger partial charge in [0.05, 0.1) is 11.6 Å². The van der Waals surface area contributed by atoms with E-state index in [-0.39, 0.29) is 30.5 Å². The van der Waals surface area contributed by atoms with Crippen LogP contribution in [0.2, 0.25) is 0 Å². The molecular formula is C25H26N4O5. The fourth-order valence-corrected chi connectivity index (χ4v) is 4.20. The molecular weight excluding hydrogens is 436 g/mol. The van der Waals surface area contributed by atoms with E-state index in [1.54, 1.807) is 14.0 Å². The van der Waals surface area contributed by atoms with Crippen molar-refractivity contribution in [2.45, 2.75) is 19.3 Å². The molecule has 1 aliphatic rings. The standard InChI is InChI=1S/C25H26N4O5/c1-3-15(24(31)32)12-26-23(30)22-21(13-29(2)28-22)27-25(33)34-14-20-18-10-6-4-8-16(18)17-9-5-7-11-19(17)20/h4-11,13,15,20H,3,12,14H2,1-2H3,(H,26,30)(H,27,33)(H,31,32). The fraction of sp³-hybridized carbons (Fsp3) is 0.280. The Morgan fingerprint density at radius 3 is 2.29 bits per heavy atom. The lowest BCUT2D eigenvalue weighted by Gasteiger charge is -2.14. The number of aliphatic carboxylic acids is 1. The summed E-state index contributed by atoms with van der Waals surface area (Å²) in [6.45, 7) is 1.83. The summed E-state index contributed by atoms with van der Waals surface area (Å²) in [4.78, 5) is 36.4. The van der Waals surface area contributed by atoms with Crippen molar-refractivity contribution in [2.75, 3.05) is 18.5 Å². The van der Waals surface area contributed by atoms with E-state index in [9.17, 15) is 14.4 Å². The average molecular weight is 463 g/mol. The van der Waals surface area contributed by atoms with Crippen molar-refractivity contribution in [3.8, 4) is 11.1 Å². The van der Waals surface area contributed by atoms with Gasteiger partial charge in [0.1, 0.15) is 6.61 Å². The summed E-state index contributed by atoms with van der Waals surface area (Å²) < 4.78 is 6.93. The molecule has 0 fully saturated rings. The second kappa shape index (κ2) is 9.78. The molecule has 0 saturated heterocycles. The van der Waals surface area contributed by atoms with Crippen LogP contribution in [0, 0.1) is 5.92 Å². The summed E-state index contributed by atoms with van der Waals surface area (Å²) in [5, 5.41) is 18.4. The molecule has 1 heterocycles. The number of hydrogen-bond donors (Lipinski definition) is 3. The van der Waals surface area contributed by atoms with Gasteiger partial charge in [0.15, 0.2) is 5.69 Å². The molecule has 34 heavy (non-hydrogen) atoms. The van der Waals surface area contributed by atoms with E-state index >= 15 is 0 Å². The van der Waals surface area contributed by atoms with Crippen LogP contribution in [-0.4, -0.2) is 46.0 Å². The van der Waals surface area contributed by atoms with E-state index in [1.165, 1.54) is 10.9 Å². The van der Waals surface area contributed by atoms with Gasteiger partial charge in [0.2, 0.25) is 0 Å². The zero-order valence-electron chi connectivity index (χ0n) is 18.9.